The molecule has 0 saturated carbocycles. The lowest BCUT2D eigenvalue weighted by molar-refractivity contribution is 0.209. The molecule has 0 amide bonds. The van der Waals surface area contributed by atoms with Gasteiger partial charge in [-0.15, -0.1) is 0 Å². The SMILES string of the molecule is Cn1nccc1C(O)c1ccccc1I. The Balaban J connectivity index is 2.41. The summed E-state index contributed by atoms with van der Waals surface area (Å²) in [6, 6.07) is 9.63. The van der Waals surface area contributed by atoms with Gasteiger partial charge in [-0.1, -0.05) is 18.2 Å². The van der Waals surface area contributed by atoms with E-state index in [1.54, 1.807) is 10.9 Å². The van der Waals surface area contributed by atoms with Gasteiger partial charge >= 0.3 is 0 Å². The molecule has 0 aliphatic carbocycles. The molecule has 2 aromatic rings. The molecule has 1 aromatic carbocycles. The van der Waals surface area contributed by atoms with Crippen molar-refractivity contribution in [3.05, 3.63) is 51.4 Å². The van der Waals surface area contributed by atoms with Crippen molar-refractivity contribution in [1.29, 1.82) is 0 Å². The van der Waals surface area contributed by atoms with Gasteiger partial charge in [0.1, 0.15) is 6.10 Å². The van der Waals surface area contributed by atoms with Crippen LogP contribution < -0.4 is 0 Å². The minimum Gasteiger partial charge on any atom is -0.382 e. The summed E-state index contributed by atoms with van der Waals surface area (Å²) < 4.78 is 2.75. The van der Waals surface area contributed by atoms with Crippen molar-refractivity contribution in [2.75, 3.05) is 0 Å². The van der Waals surface area contributed by atoms with Crippen molar-refractivity contribution >= 4 is 22.6 Å². The van der Waals surface area contributed by atoms with E-state index in [4.69, 9.17) is 0 Å². The van der Waals surface area contributed by atoms with Crippen molar-refractivity contribution in [1.82, 2.24) is 9.78 Å². The van der Waals surface area contributed by atoms with Crippen LogP contribution in [0.2, 0.25) is 0 Å². The van der Waals surface area contributed by atoms with E-state index in [1.165, 1.54) is 0 Å². The zero-order valence-corrected chi connectivity index (χ0v) is 10.4. The number of hydrogen-bond donors (Lipinski definition) is 1. The minimum atomic E-state index is -0.606. The first kappa shape index (κ1) is 10.6. The fourth-order valence-electron chi connectivity index (χ4n) is 1.51. The first-order chi connectivity index (χ1) is 7.20. The maximum absolute atomic E-state index is 10.2. The van der Waals surface area contributed by atoms with Crippen LogP contribution in [0.25, 0.3) is 0 Å². The van der Waals surface area contributed by atoms with Crippen LogP contribution in [-0.2, 0) is 7.05 Å². The maximum atomic E-state index is 10.2. The number of halogens is 1. The summed E-state index contributed by atoms with van der Waals surface area (Å²) in [4.78, 5) is 0. The van der Waals surface area contributed by atoms with Gasteiger partial charge in [0.15, 0.2) is 0 Å². The van der Waals surface area contributed by atoms with Gasteiger partial charge in [-0.2, -0.15) is 5.10 Å². The maximum Gasteiger partial charge on any atom is 0.122 e. The van der Waals surface area contributed by atoms with E-state index in [0.29, 0.717) is 0 Å². The molecule has 2 rings (SSSR count). The number of aliphatic hydroxyl groups is 1. The Morgan fingerprint density at radius 3 is 2.67 bits per heavy atom. The third kappa shape index (κ3) is 2.05. The summed E-state index contributed by atoms with van der Waals surface area (Å²) in [6.07, 6.45) is 1.08. The molecule has 0 saturated heterocycles. The van der Waals surface area contributed by atoms with E-state index < -0.39 is 6.10 Å². The highest BCUT2D eigenvalue weighted by molar-refractivity contribution is 14.1. The molecule has 1 N–H and O–H groups in total. The van der Waals surface area contributed by atoms with Gasteiger partial charge in [0.25, 0.3) is 0 Å². The lowest BCUT2D eigenvalue weighted by atomic mass is 10.1. The number of benzene rings is 1. The topological polar surface area (TPSA) is 38.0 Å². The number of rotatable bonds is 2. The second-order valence-corrected chi connectivity index (χ2v) is 4.47. The molecule has 0 aliphatic rings. The van der Waals surface area contributed by atoms with Crippen LogP contribution in [0.3, 0.4) is 0 Å². The Bertz CT molecular complexity index is 467. The molecule has 0 fully saturated rings. The molecule has 4 heteroatoms. The van der Waals surface area contributed by atoms with Gasteiger partial charge in [-0.3, -0.25) is 4.68 Å². The Morgan fingerprint density at radius 1 is 1.33 bits per heavy atom. The van der Waals surface area contributed by atoms with Crippen molar-refractivity contribution in [2.24, 2.45) is 7.05 Å². The Labute approximate surface area is 102 Å². The monoisotopic (exact) mass is 314 g/mol. The van der Waals surface area contributed by atoms with Gasteiger partial charge in [0, 0.05) is 16.8 Å². The molecular weight excluding hydrogens is 303 g/mol. The highest BCUT2D eigenvalue weighted by Gasteiger charge is 2.15. The van der Waals surface area contributed by atoms with Gasteiger partial charge in [-0.25, -0.2) is 0 Å². The van der Waals surface area contributed by atoms with Gasteiger partial charge in [-0.05, 0) is 40.3 Å². The number of hydrogen-bond acceptors (Lipinski definition) is 2. The standard InChI is InChI=1S/C11H11IN2O/c1-14-10(6-7-13-14)11(15)8-4-2-3-5-9(8)12/h2-7,11,15H,1H3. The molecule has 0 aliphatic heterocycles. The van der Waals surface area contributed by atoms with Crippen LogP contribution in [0.1, 0.15) is 17.4 Å². The second-order valence-electron chi connectivity index (χ2n) is 3.30. The van der Waals surface area contributed by atoms with Gasteiger partial charge in [0.2, 0.25) is 0 Å². The van der Waals surface area contributed by atoms with E-state index >= 15 is 0 Å². The van der Waals surface area contributed by atoms with Gasteiger partial charge in [0.05, 0.1) is 5.69 Å². The van der Waals surface area contributed by atoms with Crippen LogP contribution >= 0.6 is 22.6 Å². The summed E-state index contributed by atoms with van der Waals surface area (Å²) in [6.45, 7) is 0. The summed E-state index contributed by atoms with van der Waals surface area (Å²) in [5, 5.41) is 14.2. The Kier molecular flexibility index (Phi) is 3.06. The summed E-state index contributed by atoms with van der Waals surface area (Å²) in [5.74, 6) is 0. The highest BCUT2D eigenvalue weighted by atomic mass is 127. The fraction of sp³-hybridized carbons (Fsp3) is 0.182. The predicted octanol–water partition coefficient (Wildman–Crippen LogP) is 2.11. The lowest BCUT2D eigenvalue weighted by Crippen LogP contribution is -2.07. The second kappa shape index (κ2) is 4.32. The van der Waals surface area contributed by atoms with Crippen LogP contribution in [-0.4, -0.2) is 14.9 Å². The van der Waals surface area contributed by atoms with Crippen LogP contribution in [0.15, 0.2) is 36.5 Å². The first-order valence-electron chi connectivity index (χ1n) is 4.60. The van der Waals surface area contributed by atoms with Crippen molar-refractivity contribution in [3.63, 3.8) is 0 Å². The largest absolute Gasteiger partial charge is 0.382 e. The molecule has 3 nitrogen and oxygen atoms in total. The normalized spacial score (nSPS) is 12.7. The molecule has 0 bridgehead atoms. The first-order valence-corrected chi connectivity index (χ1v) is 5.68. The summed E-state index contributed by atoms with van der Waals surface area (Å²) in [7, 11) is 1.83. The van der Waals surface area contributed by atoms with E-state index in [9.17, 15) is 5.11 Å². The van der Waals surface area contributed by atoms with Crippen molar-refractivity contribution in [2.45, 2.75) is 6.10 Å². The molecular formula is C11H11IN2O. The van der Waals surface area contributed by atoms with Crippen LogP contribution in [0.4, 0.5) is 0 Å². The molecule has 1 unspecified atom stereocenters. The predicted molar refractivity (Wildman–Crippen MR) is 66.4 cm³/mol. The molecule has 0 spiro atoms. The quantitative estimate of drug-likeness (QED) is 0.862. The van der Waals surface area contributed by atoms with E-state index in [1.807, 2.05) is 37.4 Å². The summed E-state index contributed by atoms with van der Waals surface area (Å²) in [5.41, 5.74) is 1.72. The number of nitrogens with zero attached hydrogens (tertiary/aromatic N) is 2. The van der Waals surface area contributed by atoms with Gasteiger partial charge < -0.3 is 5.11 Å². The zero-order chi connectivity index (χ0) is 10.8. The average molecular weight is 314 g/mol. The Morgan fingerprint density at radius 2 is 2.07 bits per heavy atom. The number of aromatic nitrogens is 2. The molecule has 15 heavy (non-hydrogen) atoms. The number of aliphatic hydroxyl groups excluding tert-OH is 1. The van der Waals surface area contributed by atoms with Crippen molar-refractivity contribution < 1.29 is 5.11 Å². The van der Waals surface area contributed by atoms with Crippen LogP contribution in [0.5, 0.6) is 0 Å². The van der Waals surface area contributed by atoms with E-state index in [2.05, 4.69) is 27.7 Å². The zero-order valence-electron chi connectivity index (χ0n) is 8.26. The lowest BCUT2D eigenvalue weighted by Gasteiger charge is -2.12. The average Bonchev–Trinajstić information content (AvgIpc) is 2.64. The van der Waals surface area contributed by atoms with E-state index in [0.717, 1.165) is 14.8 Å². The van der Waals surface area contributed by atoms with E-state index in [-0.39, 0.29) is 0 Å². The third-order valence-electron chi connectivity index (χ3n) is 2.34. The fourth-order valence-corrected chi connectivity index (χ4v) is 2.19. The number of aryl methyl sites for hydroxylation is 1. The highest BCUT2D eigenvalue weighted by Crippen LogP contribution is 2.25. The smallest absolute Gasteiger partial charge is 0.122 e. The Hall–Kier alpha value is -0.880. The summed E-state index contributed by atoms with van der Waals surface area (Å²) >= 11 is 2.22. The molecule has 0 radical (unpaired) electrons. The van der Waals surface area contributed by atoms with Crippen molar-refractivity contribution in [3.8, 4) is 0 Å². The van der Waals surface area contributed by atoms with Crippen LogP contribution in [0, 0.1) is 3.57 Å². The molecule has 1 atom stereocenters. The molecule has 1 aromatic heterocycles. The molecule has 1 heterocycles. The molecule has 78 valence electrons. The third-order valence-corrected chi connectivity index (χ3v) is 3.32. The minimum absolute atomic E-state index is 0.606.